The van der Waals surface area contributed by atoms with E-state index in [-0.39, 0.29) is 11.7 Å². The van der Waals surface area contributed by atoms with E-state index < -0.39 is 10.7 Å². The molecular weight excluding hydrogens is 261 g/mol. The van der Waals surface area contributed by atoms with Crippen LogP contribution < -0.4 is 10.6 Å². The number of hydrogen-bond donors (Lipinski definition) is 1. The third-order valence-corrected chi connectivity index (χ3v) is 4.12. The predicted molar refractivity (Wildman–Crippen MR) is 76.4 cm³/mol. The number of halogens is 1. The van der Waals surface area contributed by atoms with E-state index in [0.717, 1.165) is 25.5 Å². The van der Waals surface area contributed by atoms with Crippen LogP contribution in [-0.2, 0) is 0 Å². The first-order valence-electron chi connectivity index (χ1n) is 6.87. The van der Waals surface area contributed by atoms with Gasteiger partial charge in [-0.05, 0) is 37.3 Å². The summed E-state index contributed by atoms with van der Waals surface area (Å²) < 4.78 is 13.6. The molecule has 0 bridgehead atoms. The molecule has 1 aromatic carbocycles. The van der Waals surface area contributed by atoms with Crippen LogP contribution in [0.1, 0.15) is 25.3 Å². The number of aryl methyl sites for hydroxylation is 1. The SMILES string of the molecule is Cc1cc(N2CCCC(C)C2CN)c([N+](=O)[O-])cc1F. The quantitative estimate of drug-likeness (QED) is 0.682. The van der Waals surface area contributed by atoms with Gasteiger partial charge in [-0.3, -0.25) is 10.1 Å². The Morgan fingerprint density at radius 3 is 2.85 bits per heavy atom. The van der Waals surface area contributed by atoms with Crippen LogP contribution in [0.3, 0.4) is 0 Å². The largest absolute Gasteiger partial charge is 0.361 e. The van der Waals surface area contributed by atoms with Gasteiger partial charge in [-0.15, -0.1) is 0 Å². The van der Waals surface area contributed by atoms with Gasteiger partial charge in [0.05, 0.1) is 11.0 Å². The Morgan fingerprint density at radius 2 is 2.25 bits per heavy atom. The van der Waals surface area contributed by atoms with Gasteiger partial charge >= 0.3 is 0 Å². The number of nitrogens with two attached hydrogens (primary N) is 1. The molecule has 20 heavy (non-hydrogen) atoms. The fourth-order valence-corrected chi connectivity index (χ4v) is 2.94. The van der Waals surface area contributed by atoms with Crippen LogP contribution in [-0.4, -0.2) is 24.1 Å². The molecule has 5 nitrogen and oxygen atoms in total. The molecule has 2 N–H and O–H groups in total. The van der Waals surface area contributed by atoms with Gasteiger partial charge in [0.15, 0.2) is 0 Å². The molecule has 2 unspecified atom stereocenters. The second-order valence-corrected chi connectivity index (χ2v) is 5.46. The molecule has 0 spiro atoms. The van der Waals surface area contributed by atoms with Crippen LogP contribution in [0.4, 0.5) is 15.8 Å². The van der Waals surface area contributed by atoms with Crippen molar-refractivity contribution in [3.63, 3.8) is 0 Å². The molecule has 1 aromatic rings. The standard InChI is InChI=1S/C14H20FN3O2/c1-9-4-3-5-17(14(9)8-16)12-6-10(2)11(15)7-13(12)18(19)20/h6-7,9,14H,3-5,8,16H2,1-2H3. The first-order chi connectivity index (χ1) is 9.45. The van der Waals surface area contributed by atoms with Crippen molar-refractivity contribution >= 4 is 11.4 Å². The Labute approximate surface area is 117 Å². The zero-order valence-corrected chi connectivity index (χ0v) is 11.8. The van der Waals surface area contributed by atoms with Crippen LogP contribution in [0.15, 0.2) is 12.1 Å². The molecule has 0 saturated carbocycles. The van der Waals surface area contributed by atoms with Gasteiger partial charge in [0.25, 0.3) is 5.69 Å². The summed E-state index contributed by atoms with van der Waals surface area (Å²) in [6.07, 6.45) is 2.03. The summed E-state index contributed by atoms with van der Waals surface area (Å²) in [5, 5.41) is 11.2. The molecule has 0 aromatic heterocycles. The Balaban J connectivity index is 2.49. The van der Waals surface area contributed by atoms with E-state index in [2.05, 4.69) is 6.92 Å². The number of piperidine rings is 1. The Bertz CT molecular complexity index is 521. The van der Waals surface area contributed by atoms with Gasteiger partial charge in [0.1, 0.15) is 11.5 Å². The normalized spacial score (nSPS) is 22.9. The molecule has 110 valence electrons. The molecule has 0 radical (unpaired) electrons. The van der Waals surface area contributed by atoms with Crippen LogP contribution in [0.5, 0.6) is 0 Å². The molecule has 2 atom stereocenters. The number of nitro groups is 1. The Morgan fingerprint density at radius 1 is 1.55 bits per heavy atom. The third kappa shape index (κ3) is 2.60. The summed E-state index contributed by atoms with van der Waals surface area (Å²) in [4.78, 5) is 12.6. The van der Waals surface area contributed by atoms with Crippen LogP contribution >= 0.6 is 0 Å². The fourth-order valence-electron chi connectivity index (χ4n) is 2.94. The van der Waals surface area contributed by atoms with Crippen molar-refractivity contribution < 1.29 is 9.31 Å². The van der Waals surface area contributed by atoms with Crippen molar-refractivity contribution in [3.05, 3.63) is 33.6 Å². The zero-order chi connectivity index (χ0) is 14.9. The van der Waals surface area contributed by atoms with E-state index in [1.54, 1.807) is 13.0 Å². The minimum Gasteiger partial charge on any atom is -0.361 e. The van der Waals surface area contributed by atoms with Gasteiger partial charge in [0.2, 0.25) is 0 Å². The molecule has 6 heteroatoms. The topological polar surface area (TPSA) is 72.4 Å². The molecule has 1 aliphatic heterocycles. The highest BCUT2D eigenvalue weighted by Gasteiger charge is 2.32. The zero-order valence-electron chi connectivity index (χ0n) is 11.8. The summed E-state index contributed by atoms with van der Waals surface area (Å²) >= 11 is 0. The summed E-state index contributed by atoms with van der Waals surface area (Å²) in [5.74, 6) is -0.173. The van der Waals surface area contributed by atoms with Gasteiger partial charge in [-0.25, -0.2) is 4.39 Å². The van der Waals surface area contributed by atoms with E-state index in [1.807, 2.05) is 4.90 Å². The maximum Gasteiger partial charge on any atom is 0.295 e. The van der Waals surface area contributed by atoms with Crippen molar-refractivity contribution in [2.45, 2.75) is 32.7 Å². The Hall–Kier alpha value is -1.69. The molecule has 2 rings (SSSR count). The lowest BCUT2D eigenvalue weighted by Gasteiger charge is -2.40. The molecule has 1 aliphatic rings. The van der Waals surface area contributed by atoms with Crippen molar-refractivity contribution in [2.75, 3.05) is 18.0 Å². The molecule has 0 amide bonds. The van der Waals surface area contributed by atoms with Crippen molar-refractivity contribution in [1.82, 2.24) is 0 Å². The third-order valence-electron chi connectivity index (χ3n) is 4.12. The predicted octanol–water partition coefficient (Wildman–Crippen LogP) is 2.61. The van der Waals surface area contributed by atoms with Crippen molar-refractivity contribution in [1.29, 1.82) is 0 Å². The number of rotatable bonds is 3. The van der Waals surface area contributed by atoms with Crippen LogP contribution in [0.25, 0.3) is 0 Å². The van der Waals surface area contributed by atoms with Crippen molar-refractivity contribution in [3.8, 4) is 0 Å². The lowest BCUT2D eigenvalue weighted by molar-refractivity contribution is -0.384. The van der Waals surface area contributed by atoms with E-state index >= 15 is 0 Å². The maximum absolute atomic E-state index is 13.6. The average Bonchev–Trinajstić information content (AvgIpc) is 2.40. The minimum atomic E-state index is -0.546. The highest BCUT2D eigenvalue weighted by atomic mass is 19.1. The molecular formula is C14H20FN3O2. The maximum atomic E-state index is 13.6. The number of nitrogens with zero attached hydrogens (tertiary/aromatic N) is 2. The summed E-state index contributed by atoms with van der Waals surface area (Å²) in [5.41, 5.74) is 6.55. The van der Waals surface area contributed by atoms with E-state index in [9.17, 15) is 14.5 Å². The highest BCUT2D eigenvalue weighted by Crippen LogP contribution is 2.36. The fraction of sp³-hybridized carbons (Fsp3) is 0.571. The average molecular weight is 281 g/mol. The molecule has 0 aliphatic carbocycles. The van der Waals surface area contributed by atoms with Gasteiger partial charge in [-0.2, -0.15) is 0 Å². The second-order valence-electron chi connectivity index (χ2n) is 5.46. The molecule has 1 fully saturated rings. The lowest BCUT2D eigenvalue weighted by Crippen LogP contribution is -2.49. The van der Waals surface area contributed by atoms with Crippen LogP contribution in [0.2, 0.25) is 0 Å². The number of anilines is 1. The number of benzene rings is 1. The van der Waals surface area contributed by atoms with Crippen molar-refractivity contribution in [2.24, 2.45) is 11.7 Å². The minimum absolute atomic E-state index is 0.0623. The summed E-state index contributed by atoms with van der Waals surface area (Å²) in [7, 11) is 0. The van der Waals surface area contributed by atoms with Gasteiger partial charge < -0.3 is 10.6 Å². The van der Waals surface area contributed by atoms with E-state index in [0.29, 0.717) is 23.7 Å². The number of hydrogen-bond acceptors (Lipinski definition) is 4. The molecule has 1 saturated heterocycles. The van der Waals surface area contributed by atoms with Crippen LogP contribution in [0, 0.1) is 28.8 Å². The van der Waals surface area contributed by atoms with Gasteiger partial charge in [-0.1, -0.05) is 6.92 Å². The first kappa shape index (κ1) is 14.7. The van der Waals surface area contributed by atoms with E-state index in [4.69, 9.17) is 5.73 Å². The second kappa shape index (κ2) is 5.75. The summed E-state index contributed by atoms with van der Waals surface area (Å²) in [6, 6.07) is 2.64. The lowest BCUT2D eigenvalue weighted by atomic mass is 9.90. The van der Waals surface area contributed by atoms with Gasteiger partial charge in [0, 0.05) is 19.1 Å². The first-order valence-corrected chi connectivity index (χ1v) is 6.87. The monoisotopic (exact) mass is 281 g/mol. The smallest absolute Gasteiger partial charge is 0.295 e. The summed E-state index contributed by atoms with van der Waals surface area (Å²) in [6.45, 7) is 4.88. The Kier molecular flexibility index (Phi) is 4.23. The molecule has 1 heterocycles. The highest BCUT2D eigenvalue weighted by molar-refractivity contribution is 5.65. The number of nitro benzene ring substituents is 1. The van der Waals surface area contributed by atoms with E-state index in [1.165, 1.54) is 0 Å².